The molecule has 4 aromatic rings. The Morgan fingerprint density at radius 3 is 1.98 bits per heavy atom. The van der Waals surface area contributed by atoms with Crippen LogP contribution in [0.2, 0.25) is 0 Å². The van der Waals surface area contributed by atoms with Gasteiger partial charge in [0, 0.05) is 54.9 Å². The summed E-state index contributed by atoms with van der Waals surface area (Å²) in [5.74, 6) is 3.45. The molecule has 1 aromatic heterocycles. The smallest absolute Gasteiger partial charge is 0.162 e. The summed E-state index contributed by atoms with van der Waals surface area (Å²) in [5, 5.41) is 11.5. The second kappa shape index (κ2) is 16.8. The Morgan fingerprint density at radius 2 is 1.41 bits per heavy atom. The molecular weight excluding hydrogens is 843 g/mol. The number of benzene rings is 3. The number of carbonyl (C=O) groups excluding carboxylic acids is 1. The zero-order chi connectivity index (χ0) is 39.3. The van der Waals surface area contributed by atoms with Crippen molar-refractivity contribution in [2.24, 2.45) is 35.5 Å². The molecule has 3 aromatic carbocycles. The molecule has 2 aliphatic rings. The summed E-state index contributed by atoms with van der Waals surface area (Å²) in [7, 11) is 0. The fraction of sp³-hybridized carbons (Fsp3) is 0.510. The van der Waals surface area contributed by atoms with Gasteiger partial charge in [-0.15, -0.1) is 29.3 Å². The van der Waals surface area contributed by atoms with Crippen LogP contribution in [0.15, 0.2) is 60.4 Å². The Balaban J connectivity index is 0.000000281. The number of rotatable bonds is 9. The zero-order valence-electron chi connectivity index (χ0n) is 35.4. The first-order chi connectivity index (χ1) is 24.8. The molecular formula is C49H64IrNO3-. The number of aliphatic hydroxyl groups is 1. The minimum absolute atomic E-state index is 0. The minimum Gasteiger partial charge on any atom is -0.512 e. The van der Waals surface area contributed by atoms with Gasteiger partial charge in [0.25, 0.3) is 0 Å². The molecule has 293 valence electrons. The van der Waals surface area contributed by atoms with E-state index in [1.54, 1.807) is 0 Å². The van der Waals surface area contributed by atoms with Crippen LogP contribution in [0.5, 0.6) is 5.75 Å². The average Bonchev–Trinajstić information content (AvgIpc) is 3.52. The number of carbonyl (C=O) groups is 1. The first-order valence-electron chi connectivity index (χ1n) is 19.9. The standard InChI is InChI=1S/C32H32NO.C17H32O2.Ir/c1-17(2)21-11-12-27-24(16-21)30-31(34-27)23-10-8-9-22(29(23)32(30,6)7)25-15-20(5)28-19(4)13-18(3)14-26(28)33-25;1-10(2)16(11(3)4)14(18)9-15(19)17(12(5)6)13(7)8;/h8,10-17,30-31H,1-7H3;9-13,16-18H,1-8H3;/q-1;;/b;14-9-;. The molecule has 2 atom stereocenters. The van der Waals surface area contributed by atoms with Gasteiger partial charge in [-0.3, -0.25) is 9.78 Å². The summed E-state index contributed by atoms with van der Waals surface area (Å²) < 4.78 is 6.61. The van der Waals surface area contributed by atoms with E-state index in [-0.39, 0.29) is 60.9 Å². The number of aliphatic hydroxyl groups excluding tert-OH is 1. The maximum atomic E-state index is 12.3. The summed E-state index contributed by atoms with van der Waals surface area (Å²) in [4.78, 5) is 17.5. The molecule has 2 heterocycles. The maximum absolute atomic E-state index is 12.3. The van der Waals surface area contributed by atoms with E-state index in [1.165, 1.54) is 50.4 Å². The van der Waals surface area contributed by atoms with Gasteiger partial charge in [-0.1, -0.05) is 113 Å². The van der Waals surface area contributed by atoms with Gasteiger partial charge in [0.2, 0.25) is 0 Å². The van der Waals surface area contributed by atoms with Crippen molar-refractivity contribution in [2.45, 2.75) is 127 Å². The fourth-order valence-electron chi connectivity index (χ4n) is 9.79. The second-order valence-corrected chi connectivity index (χ2v) is 18.2. The van der Waals surface area contributed by atoms with Gasteiger partial charge in [0.05, 0.1) is 11.3 Å². The monoisotopic (exact) mass is 907 g/mol. The molecule has 0 amide bonds. The largest absolute Gasteiger partial charge is 0.512 e. The van der Waals surface area contributed by atoms with Gasteiger partial charge < -0.3 is 9.84 Å². The second-order valence-electron chi connectivity index (χ2n) is 18.2. The van der Waals surface area contributed by atoms with E-state index in [0.717, 1.165) is 22.5 Å². The van der Waals surface area contributed by atoms with Crippen LogP contribution in [0.4, 0.5) is 0 Å². The summed E-state index contributed by atoms with van der Waals surface area (Å²) in [6.45, 7) is 32.4. The normalized spacial score (nSPS) is 17.3. The molecule has 6 rings (SSSR count). The molecule has 0 saturated heterocycles. The third-order valence-electron chi connectivity index (χ3n) is 11.9. The third kappa shape index (κ3) is 8.29. The van der Waals surface area contributed by atoms with E-state index in [0.29, 0.717) is 29.6 Å². The topological polar surface area (TPSA) is 59.4 Å². The van der Waals surface area contributed by atoms with Crippen molar-refractivity contribution >= 4 is 16.7 Å². The van der Waals surface area contributed by atoms with E-state index in [4.69, 9.17) is 9.72 Å². The van der Waals surface area contributed by atoms with Crippen LogP contribution in [-0.4, -0.2) is 15.9 Å². The van der Waals surface area contributed by atoms with Gasteiger partial charge in [-0.05, 0) is 95.9 Å². The molecule has 1 radical (unpaired) electrons. The molecule has 0 saturated carbocycles. The summed E-state index contributed by atoms with van der Waals surface area (Å²) in [6.07, 6.45) is 1.52. The number of ketones is 1. The molecule has 0 fully saturated rings. The number of hydrogen-bond acceptors (Lipinski definition) is 4. The van der Waals surface area contributed by atoms with Gasteiger partial charge >= 0.3 is 0 Å². The average molecular weight is 907 g/mol. The van der Waals surface area contributed by atoms with E-state index in [2.05, 4.69) is 158 Å². The van der Waals surface area contributed by atoms with Crippen molar-refractivity contribution in [1.29, 1.82) is 0 Å². The minimum atomic E-state index is -0.0962. The number of pyridine rings is 1. The van der Waals surface area contributed by atoms with Crippen molar-refractivity contribution in [3.05, 3.63) is 105 Å². The summed E-state index contributed by atoms with van der Waals surface area (Å²) in [6, 6.07) is 21.3. The van der Waals surface area contributed by atoms with E-state index < -0.39 is 0 Å². The predicted octanol–water partition coefficient (Wildman–Crippen LogP) is 13.1. The van der Waals surface area contributed by atoms with Crippen molar-refractivity contribution < 1.29 is 34.7 Å². The molecule has 4 nitrogen and oxygen atoms in total. The number of fused-ring (bicyclic) bond motifs is 6. The molecule has 1 aliphatic heterocycles. The number of hydrogen-bond donors (Lipinski definition) is 1. The Hall–Kier alpha value is -3.27. The van der Waals surface area contributed by atoms with Gasteiger partial charge in [-0.2, -0.15) is 0 Å². The Labute approximate surface area is 340 Å². The Kier molecular flexibility index (Phi) is 13.6. The van der Waals surface area contributed by atoms with Crippen LogP contribution in [0.1, 0.15) is 140 Å². The van der Waals surface area contributed by atoms with Crippen LogP contribution in [0.25, 0.3) is 22.2 Å². The fourth-order valence-corrected chi connectivity index (χ4v) is 9.79. The maximum Gasteiger partial charge on any atom is 0.162 e. The van der Waals surface area contributed by atoms with E-state index >= 15 is 0 Å². The van der Waals surface area contributed by atoms with E-state index in [9.17, 15) is 9.90 Å². The molecule has 0 bridgehead atoms. The number of aryl methyl sites for hydroxylation is 3. The van der Waals surface area contributed by atoms with Crippen molar-refractivity contribution in [1.82, 2.24) is 4.98 Å². The first kappa shape index (κ1) is 43.5. The van der Waals surface area contributed by atoms with Crippen LogP contribution in [-0.2, 0) is 30.3 Å². The van der Waals surface area contributed by atoms with Crippen LogP contribution < -0.4 is 4.74 Å². The van der Waals surface area contributed by atoms with Gasteiger partial charge in [-0.25, -0.2) is 0 Å². The molecule has 2 unspecified atom stereocenters. The van der Waals surface area contributed by atoms with Crippen LogP contribution >= 0.6 is 0 Å². The van der Waals surface area contributed by atoms with Gasteiger partial charge in [0.15, 0.2) is 5.78 Å². The number of aromatic nitrogens is 1. The van der Waals surface area contributed by atoms with E-state index in [1.807, 2.05) is 0 Å². The summed E-state index contributed by atoms with van der Waals surface area (Å²) >= 11 is 0. The number of nitrogens with zero attached hydrogens (tertiary/aromatic N) is 1. The Bertz CT molecular complexity index is 2000. The Morgan fingerprint density at radius 1 is 0.815 bits per heavy atom. The van der Waals surface area contributed by atoms with Crippen molar-refractivity contribution in [2.75, 3.05) is 0 Å². The predicted molar refractivity (Wildman–Crippen MR) is 222 cm³/mol. The zero-order valence-corrected chi connectivity index (χ0v) is 37.8. The molecule has 1 N–H and O–H groups in total. The molecule has 0 spiro atoms. The first-order valence-corrected chi connectivity index (χ1v) is 19.9. The SMILES string of the molecule is CC(C)C(C(=O)/C=C(\O)C(C(C)C)C(C)C)C(C)C.Cc1cc(C)c2c(C)cc(-c3[c-]ccc4c3C(C)(C)C3c5cc(C(C)C)ccc5OC43)nc2c1.[Ir]. The molecule has 1 aliphatic carbocycles. The molecule has 54 heavy (non-hydrogen) atoms. The number of ether oxygens (including phenoxy) is 1. The number of allylic oxidation sites excluding steroid dienone is 2. The van der Waals surface area contributed by atoms with Crippen molar-refractivity contribution in [3.8, 4) is 17.0 Å². The van der Waals surface area contributed by atoms with Gasteiger partial charge in [0.1, 0.15) is 11.9 Å². The van der Waals surface area contributed by atoms with Crippen LogP contribution in [0.3, 0.4) is 0 Å². The molecule has 5 heteroatoms. The third-order valence-corrected chi connectivity index (χ3v) is 11.9. The van der Waals surface area contributed by atoms with Crippen LogP contribution in [0, 0.1) is 62.3 Å². The quantitative estimate of drug-likeness (QED) is 0.103. The summed E-state index contributed by atoms with van der Waals surface area (Å²) in [5.41, 5.74) is 12.2. The van der Waals surface area contributed by atoms with Crippen molar-refractivity contribution in [3.63, 3.8) is 0 Å².